The Balaban J connectivity index is 1.89. The van der Waals surface area contributed by atoms with Crippen molar-refractivity contribution in [3.63, 3.8) is 0 Å². The van der Waals surface area contributed by atoms with Gasteiger partial charge in [0.05, 0.1) is 18.2 Å². The van der Waals surface area contributed by atoms with Crippen molar-refractivity contribution in [2.45, 2.75) is 13.3 Å². The molecule has 2 aromatic carbocycles. The average molecular weight is 341 g/mol. The topological polar surface area (TPSA) is 81.7 Å². The smallest absolute Gasteiger partial charge is 0.338 e. The summed E-state index contributed by atoms with van der Waals surface area (Å²) in [6, 6.07) is 13.4. The van der Waals surface area contributed by atoms with E-state index in [2.05, 4.69) is 5.32 Å². The summed E-state index contributed by atoms with van der Waals surface area (Å²) in [6.07, 6.45) is 0.864. The second-order valence-electron chi connectivity index (χ2n) is 5.20. The molecule has 0 spiro atoms. The van der Waals surface area contributed by atoms with Crippen molar-refractivity contribution in [2.75, 3.05) is 13.7 Å². The van der Waals surface area contributed by atoms with E-state index >= 15 is 0 Å². The van der Waals surface area contributed by atoms with E-state index < -0.39 is 24.4 Å². The van der Waals surface area contributed by atoms with Crippen molar-refractivity contribution in [2.24, 2.45) is 0 Å². The number of aryl methyl sites for hydroxylation is 1. The number of carbonyl (C=O) groups is 3. The number of hydrogen-bond donors (Lipinski definition) is 1. The lowest BCUT2D eigenvalue weighted by atomic mass is 10.1. The van der Waals surface area contributed by atoms with Gasteiger partial charge in [0.2, 0.25) is 0 Å². The quantitative estimate of drug-likeness (QED) is 0.816. The fourth-order valence-electron chi connectivity index (χ4n) is 2.15. The van der Waals surface area contributed by atoms with Gasteiger partial charge in [-0.15, -0.1) is 0 Å². The fourth-order valence-corrected chi connectivity index (χ4v) is 2.15. The zero-order valence-corrected chi connectivity index (χ0v) is 14.1. The first-order valence-corrected chi connectivity index (χ1v) is 7.78. The summed E-state index contributed by atoms with van der Waals surface area (Å²) >= 11 is 0. The third-order valence-electron chi connectivity index (χ3n) is 3.54. The lowest BCUT2D eigenvalue weighted by Gasteiger charge is -2.09. The maximum Gasteiger partial charge on any atom is 0.338 e. The highest BCUT2D eigenvalue weighted by Gasteiger charge is 2.16. The van der Waals surface area contributed by atoms with Crippen LogP contribution in [0.1, 0.15) is 33.2 Å². The summed E-state index contributed by atoms with van der Waals surface area (Å²) in [4.78, 5) is 35.8. The van der Waals surface area contributed by atoms with E-state index in [4.69, 9.17) is 9.47 Å². The summed E-state index contributed by atoms with van der Waals surface area (Å²) in [6.45, 7) is 1.46. The van der Waals surface area contributed by atoms with E-state index in [0.717, 1.165) is 12.0 Å². The number of ether oxygens (including phenoxy) is 2. The van der Waals surface area contributed by atoms with E-state index in [1.807, 2.05) is 19.1 Å². The number of nitrogens with one attached hydrogen (secondary N) is 1. The number of benzene rings is 2. The Morgan fingerprint density at radius 1 is 1.00 bits per heavy atom. The number of esters is 1. The summed E-state index contributed by atoms with van der Waals surface area (Å²) < 4.78 is 9.99. The number of carbonyl (C=O) groups excluding carboxylic acids is 3. The van der Waals surface area contributed by atoms with Gasteiger partial charge in [0.1, 0.15) is 5.75 Å². The molecule has 0 atom stereocenters. The fraction of sp³-hybridized carbons (Fsp3) is 0.211. The Kier molecular flexibility index (Phi) is 6.28. The normalized spacial score (nSPS) is 10.0. The van der Waals surface area contributed by atoms with Gasteiger partial charge in [0.15, 0.2) is 6.61 Å². The predicted molar refractivity (Wildman–Crippen MR) is 91.6 cm³/mol. The van der Waals surface area contributed by atoms with Crippen LogP contribution in [0.25, 0.3) is 0 Å². The summed E-state index contributed by atoms with van der Waals surface area (Å²) in [5, 5.41) is 2.16. The first-order valence-electron chi connectivity index (χ1n) is 7.78. The average Bonchev–Trinajstić information content (AvgIpc) is 2.66. The van der Waals surface area contributed by atoms with Crippen molar-refractivity contribution < 1.29 is 23.9 Å². The molecule has 0 aliphatic heterocycles. The lowest BCUT2D eigenvalue weighted by Crippen LogP contribution is -2.34. The van der Waals surface area contributed by atoms with E-state index in [1.165, 1.54) is 13.2 Å². The van der Waals surface area contributed by atoms with Crippen molar-refractivity contribution in [1.82, 2.24) is 5.32 Å². The molecule has 0 fully saturated rings. The molecule has 25 heavy (non-hydrogen) atoms. The van der Waals surface area contributed by atoms with Gasteiger partial charge >= 0.3 is 5.97 Å². The largest absolute Gasteiger partial charge is 0.496 e. The summed E-state index contributed by atoms with van der Waals surface area (Å²) in [7, 11) is 1.43. The van der Waals surface area contributed by atoms with Crippen LogP contribution in [0.4, 0.5) is 0 Å². The molecule has 1 N–H and O–H groups in total. The van der Waals surface area contributed by atoms with E-state index in [0.29, 0.717) is 11.3 Å². The molecule has 2 amide bonds. The number of rotatable bonds is 6. The molecule has 0 aliphatic rings. The van der Waals surface area contributed by atoms with E-state index in [1.54, 1.807) is 30.3 Å². The molecule has 6 heteroatoms. The van der Waals surface area contributed by atoms with Crippen LogP contribution in [0.2, 0.25) is 0 Å². The standard InChI is InChI=1S/C19H19NO5/c1-3-13-8-10-14(11-9-13)19(23)25-12-17(21)20-18(22)15-6-4-5-7-16(15)24-2/h4-11H,3,12H2,1-2H3,(H,20,21,22). The highest BCUT2D eigenvalue weighted by molar-refractivity contribution is 6.07. The number of para-hydroxylation sites is 1. The molecule has 0 bridgehead atoms. The molecule has 0 aliphatic carbocycles. The van der Waals surface area contributed by atoms with Crippen LogP contribution in [0.15, 0.2) is 48.5 Å². The highest BCUT2D eigenvalue weighted by Crippen LogP contribution is 2.16. The number of imide groups is 1. The molecule has 130 valence electrons. The third kappa shape index (κ3) is 4.91. The Morgan fingerprint density at radius 3 is 2.32 bits per heavy atom. The molecule has 0 aromatic heterocycles. The van der Waals surface area contributed by atoms with Crippen molar-refractivity contribution in [1.29, 1.82) is 0 Å². The summed E-state index contributed by atoms with van der Waals surface area (Å²) in [5.74, 6) is -1.61. The number of methoxy groups -OCH3 is 1. The molecule has 0 radical (unpaired) electrons. The van der Waals surface area contributed by atoms with Gasteiger partial charge in [-0.3, -0.25) is 14.9 Å². The Morgan fingerprint density at radius 2 is 1.68 bits per heavy atom. The van der Waals surface area contributed by atoms with Crippen LogP contribution in [0.3, 0.4) is 0 Å². The van der Waals surface area contributed by atoms with Crippen molar-refractivity contribution in [3.8, 4) is 5.75 Å². The summed E-state index contributed by atoms with van der Waals surface area (Å²) in [5.41, 5.74) is 1.66. The second kappa shape index (κ2) is 8.63. The highest BCUT2D eigenvalue weighted by atomic mass is 16.5. The SMILES string of the molecule is CCc1ccc(C(=O)OCC(=O)NC(=O)c2ccccc2OC)cc1. The van der Waals surface area contributed by atoms with Gasteiger partial charge in [-0.05, 0) is 36.2 Å². The zero-order chi connectivity index (χ0) is 18.2. The van der Waals surface area contributed by atoms with Crippen molar-refractivity contribution >= 4 is 17.8 Å². The molecule has 2 aromatic rings. The molecule has 0 saturated carbocycles. The minimum Gasteiger partial charge on any atom is -0.496 e. The Bertz CT molecular complexity index is 768. The predicted octanol–water partition coefficient (Wildman–Crippen LogP) is 2.37. The number of hydrogen-bond acceptors (Lipinski definition) is 5. The number of amides is 2. The lowest BCUT2D eigenvalue weighted by molar-refractivity contribution is -0.123. The monoisotopic (exact) mass is 341 g/mol. The Hall–Kier alpha value is -3.15. The van der Waals surface area contributed by atoms with Crippen molar-refractivity contribution in [3.05, 3.63) is 65.2 Å². The maximum atomic E-state index is 12.1. The van der Waals surface area contributed by atoms with Crippen LogP contribution in [-0.2, 0) is 16.0 Å². The van der Waals surface area contributed by atoms with Gasteiger partial charge < -0.3 is 9.47 Å². The van der Waals surface area contributed by atoms with Gasteiger partial charge in [0, 0.05) is 0 Å². The molecule has 0 saturated heterocycles. The van der Waals surface area contributed by atoms with Gasteiger partial charge in [-0.2, -0.15) is 0 Å². The molecule has 2 rings (SSSR count). The zero-order valence-electron chi connectivity index (χ0n) is 14.1. The third-order valence-corrected chi connectivity index (χ3v) is 3.54. The molecular weight excluding hydrogens is 322 g/mol. The first kappa shape index (κ1) is 18.2. The molecule has 0 unspecified atom stereocenters. The van der Waals surface area contributed by atoms with Crippen LogP contribution in [0, 0.1) is 0 Å². The van der Waals surface area contributed by atoms with E-state index in [-0.39, 0.29) is 5.56 Å². The van der Waals surface area contributed by atoms with Gasteiger partial charge in [-0.25, -0.2) is 4.79 Å². The first-order chi connectivity index (χ1) is 12.0. The molecule has 0 heterocycles. The van der Waals surface area contributed by atoms with Crippen LogP contribution in [-0.4, -0.2) is 31.5 Å². The maximum absolute atomic E-state index is 12.1. The van der Waals surface area contributed by atoms with Gasteiger partial charge in [0.25, 0.3) is 11.8 Å². The van der Waals surface area contributed by atoms with Crippen LogP contribution < -0.4 is 10.1 Å². The molecular formula is C19H19NO5. The van der Waals surface area contributed by atoms with E-state index in [9.17, 15) is 14.4 Å². The Labute approximate surface area is 145 Å². The van der Waals surface area contributed by atoms with Crippen LogP contribution in [0.5, 0.6) is 5.75 Å². The molecule has 6 nitrogen and oxygen atoms in total. The minimum atomic E-state index is -0.713. The minimum absolute atomic E-state index is 0.222. The van der Waals surface area contributed by atoms with Crippen LogP contribution >= 0.6 is 0 Å². The second-order valence-corrected chi connectivity index (χ2v) is 5.20. The van der Waals surface area contributed by atoms with Gasteiger partial charge in [-0.1, -0.05) is 31.2 Å².